The highest BCUT2D eigenvalue weighted by molar-refractivity contribution is 6.33. The van der Waals surface area contributed by atoms with E-state index in [1.54, 1.807) is 0 Å². The monoisotopic (exact) mass is 254 g/mol. The van der Waals surface area contributed by atoms with E-state index in [0.29, 0.717) is 5.02 Å². The maximum absolute atomic E-state index is 6.07. The average molecular weight is 255 g/mol. The van der Waals surface area contributed by atoms with Gasteiger partial charge < -0.3 is 11.1 Å². The predicted molar refractivity (Wildman–Crippen MR) is 77.7 cm³/mol. The van der Waals surface area contributed by atoms with E-state index in [2.05, 4.69) is 12.2 Å². The summed E-state index contributed by atoms with van der Waals surface area (Å²) >= 11 is 6.07. The molecule has 96 valence electrons. The molecule has 17 heavy (non-hydrogen) atoms. The van der Waals surface area contributed by atoms with Crippen LogP contribution in [0.2, 0.25) is 5.02 Å². The lowest BCUT2D eigenvalue weighted by atomic mass is 10.1. The SMILES string of the molecule is CCCCCCCCNc1c(N)cccc1Cl. The smallest absolute Gasteiger partial charge is 0.0763 e. The first-order valence-electron chi connectivity index (χ1n) is 6.53. The van der Waals surface area contributed by atoms with Crippen LogP contribution in [0.1, 0.15) is 45.4 Å². The van der Waals surface area contributed by atoms with Gasteiger partial charge in [-0.25, -0.2) is 0 Å². The molecule has 0 saturated carbocycles. The highest BCUT2D eigenvalue weighted by atomic mass is 35.5. The van der Waals surface area contributed by atoms with Crippen molar-refractivity contribution in [3.63, 3.8) is 0 Å². The van der Waals surface area contributed by atoms with Crippen molar-refractivity contribution < 1.29 is 0 Å². The Hall–Kier alpha value is -0.890. The van der Waals surface area contributed by atoms with Crippen molar-refractivity contribution in [2.75, 3.05) is 17.6 Å². The van der Waals surface area contributed by atoms with Gasteiger partial charge in [-0.1, -0.05) is 56.7 Å². The molecule has 3 N–H and O–H groups in total. The molecule has 1 aromatic rings. The average Bonchev–Trinajstić information content (AvgIpc) is 2.31. The fraction of sp³-hybridized carbons (Fsp3) is 0.571. The number of unbranched alkanes of at least 4 members (excludes halogenated alkanes) is 5. The van der Waals surface area contributed by atoms with Crippen LogP contribution >= 0.6 is 11.6 Å². The topological polar surface area (TPSA) is 38.0 Å². The van der Waals surface area contributed by atoms with E-state index < -0.39 is 0 Å². The first kappa shape index (κ1) is 14.2. The van der Waals surface area contributed by atoms with Crippen LogP contribution in [0.4, 0.5) is 11.4 Å². The van der Waals surface area contributed by atoms with Crippen molar-refractivity contribution in [3.8, 4) is 0 Å². The third kappa shape index (κ3) is 5.31. The van der Waals surface area contributed by atoms with Crippen molar-refractivity contribution >= 4 is 23.0 Å². The minimum absolute atomic E-state index is 0.705. The van der Waals surface area contributed by atoms with Crippen LogP contribution in [0.3, 0.4) is 0 Å². The Bertz CT molecular complexity index is 306. The summed E-state index contributed by atoms with van der Waals surface area (Å²) in [5, 5.41) is 4.02. The lowest BCUT2D eigenvalue weighted by molar-refractivity contribution is 0.617. The zero-order valence-electron chi connectivity index (χ0n) is 10.6. The Balaban J connectivity index is 2.18. The van der Waals surface area contributed by atoms with E-state index in [0.717, 1.165) is 17.9 Å². The predicted octanol–water partition coefficient (Wildman–Crippen LogP) is 4.69. The van der Waals surface area contributed by atoms with Crippen LogP contribution in [-0.4, -0.2) is 6.54 Å². The fourth-order valence-electron chi connectivity index (χ4n) is 1.85. The minimum atomic E-state index is 0.705. The van der Waals surface area contributed by atoms with Crippen molar-refractivity contribution in [1.82, 2.24) is 0 Å². The Labute approximate surface area is 110 Å². The minimum Gasteiger partial charge on any atom is -0.397 e. The maximum atomic E-state index is 6.07. The number of anilines is 2. The molecule has 0 bridgehead atoms. The van der Waals surface area contributed by atoms with Gasteiger partial charge in [-0.05, 0) is 18.6 Å². The molecular formula is C14H23ClN2. The van der Waals surface area contributed by atoms with Crippen LogP contribution in [0.25, 0.3) is 0 Å². The summed E-state index contributed by atoms with van der Waals surface area (Å²) in [7, 11) is 0. The number of nitrogen functional groups attached to an aromatic ring is 1. The molecule has 1 aromatic carbocycles. The van der Waals surface area contributed by atoms with Gasteiger partial charge in [-0.2, -0.15) is 0 Å². The van der Waals surface area contributed by atoms with Crippen LogP contribution in [0, 0.1) is 0 Å². The van der Waals surface area contributed by atoms with E-state index in [-0.39, 0.29) is 0 Å². The van der Waals surface area contributed by atoms with Crippen LogP contribution in [0.5, 0.6) is 0 Å². The first-order chi connectivity index (χ1) is 8.25. The van der Waals surface area contributed by atoms with Gasteiger partial charge in [0.2, 0.25) is 0 Å². The van der Waals surface area contributed by atoms with Crippen LogP contribution < -0.4 is 11.1 Å². The third-order valence-corrected chi connectivity index (χ3v) is 3.19. The number of rotatable bonds is 8. The van der Waals surface area contributed by atoms with Gasteiger partial charge in [0.25, 0.3) is 0 Å². The largest absolute Gasteiger partial charge is 0.397 e. The molecule has 0 aliphatic carbocycles. The number of halogens is 1. The van der Waals surface area contributed by atoms with Crippen molar-refractivity contribution in [1.29, 1.82) is 0 Å². The van der Waals surface area contributed by atoms with E-state index in [1.807, 2.05) is 18.2 Å². The summed E-state index contributed by atoms with van der Waals surface area (Å²) < 4.78 is 0. The molecule has 0 aliphatic rings. The molecule has 0 fully saturated rings. The van der Waals surface area contributed by atoms with E-state index in [9.17, 15) is 0 Å². The molecule has 0 amide bonds. The van der Waals surface area contributed by atoms with Crippen LogP contribution in [-0.2, 0) is 0 Å². The van der Waals surface area contributed by atoms with Gasteiger partial charge >= 0.3 is 0 Å². The molecule has 0 unspecified atom stereocenters. The van der Waals surface area contributed by atoms with E-state index >= 15 is 0 Å². The van der Waals surface area contributed by atoms with Gasteiger partial charge in [0, 0.05) is 6.54 Å². The molecule has 0 saturated heterocycles. The second-order valence-electron chi connectivity index (χ2n) is 4.40. The zero-order chi connectivity index (χ0) is 12.5. The van der Waals surface area contributed by atoms with Gasteiger partial charge in [0.05, 0.1) is 16.4 Å². The number of nitrogens with one attached hydrogen (secondary N) is 1. The second kappa shape index (κ2) is 8.24. The van der Waals surface area contributed by atoms with Crippen molar-refractivity contribution in [2.45, 2.75) is 45.4 Å². The molecular weight excluding hydrogens is 232 g/mol. The molecule has 0 heterocycles. The number of benzene rings is 1. The maximum Gasteiger partial charge on any atom is 0.0763 e. The van der Waals surface area contributed by atoms with E-state index in [4.69, 9.17) is 17.3 Å². The summed E-state index contributed by atoms with van der Waals surface area (Å²) in [6.07, 6.45) is 7.78. The van der Waals surface area contributed by atoms with Crippen LogP contribution in [0.15, 0.2) is 18.2 Å². The quantitative estimate of drug-likeness (QED) is 0.522. The third-order valence-electron chi connectivity index (χ3n) is 2.88. The van der Waals surface area contributed by atoms with Gasteiger partial charge in [-0.15, -0.1) is 0 Å². The number of hydrogen-bond acceptors (Lipinski definition) is 2. The summed E-state index contributed by atoms with van der Waals surface area (Å²) in [6.45, 7) is 3.18. The molecule has 0 spiro atoms. The number of nitrogens with two attached hydrogens (primary N) is 1. The Kier molecular flexibility index (Phi) is 6.87. The second-order valence-corrected chi connectivity index (χ2v) is 4.81. The Morgan fingerprint density at radius 3 is 2.53 bits per heavy atom. The molecule has 0 aliphatic heterocycles. The molecule has 1 rings (SSSR count). The molecule has 2 nitrogen and oxygen atoms in total. The Morgan fingerprint density at radius 2 is 1.82 bits per heavy atom. The number of hydrogen-bond donors (Lipinski definition) is 2. The van der Waals surface area contributed by atoms with Gasteiger partial charge in [-0.3, -0.25) is 0 Å². The molecule has 0 radical (unpaired) electrons. The molecule has 0 atom stereocenters. The van der Waals surface area contributed by atoms with Crippen molar-refractivity contribution in [3.05, 3.63) is 23.2 Å². The normalized spacial score (nSPS) is 10.5. The Morgan fingerprint density at radius 1 is 1.12 bits per heavy atom. The van der Waals surface area contributed by atoms with Crippen molar-refractivity contribution in [2.24, 2.45) is 0 Å². The summed E-state index contributed by atoms with van der Waals surface area (Å²) in [4.78, 5) is 0. The lowest BCUT2D eigenvalue weighted by Crippen LogP contribution is -2.04. The standard InChI is InChI=1S/C14H23ClN2/c1-2-3-4-5-6-7-11-17-14-12(15)9-8-10-13(14)16/h8-10,17H,2-7,11,16H2,1H3. The van der Waals surface area contributed by atoms with Gasteiger partial charge in [0.1, 0.15) is 0 Å². The summed E-state index contributed by atoms with van der Waals surface area (Å²) in [5.41, 5.74) is 7.46. The lowest BCUT2D eigenvalue weighted by Gasteiger charge is -2.10. The first-order valence-corrected chi connectivity index (χ1v) is 6.91. The fourth-order valence-corrected chi connectivity index (χ4v) is 2.09. The van der Waals surface area contributed by atoms with E-state index in [1.165, 1.54) is 38.5 Å². The molecule has 0 aromatic heterocycles. The number of para-hydroxylation sites is 1. The van der Waals surface area contributed by atoms with Gasteiger partial charge in [0.15, 0.2) is 0 Å². The summed E-state index contributed by atoms with van der Waals surface area (Å²) in [5.74, 6) is 0. The summed E-state index contributed by atoms with van der Waals surface area (Å²) in [6, 6.07) is 5.60. The highest BCUT2D eigenvalue weighted by Gasteiger charge is 2.02. The highest BCUT2D eigenvalue weighted by Crippen LogP contribution is 2.27. The molecule has 3 heteroatoms. The zero-order valence-corrected chi connectivity index (χ0v) is 11.4.